The maximum Gasteiger partial charge on any atom is 0.131 e. The molecule has 0 aliphatic heterocycles. The van der Waals surface area contributed by atoms with Gasteiger partial charge in [-0.3, -0.25) is 0 Å². The van der Waals surface area contributed by atoms with E-state index >= 15 is 0 Å². The molecule has 3 aromatic rings. The summed E-state index contributed by atoms with van der Waals surface area (Å²) in [5.41, 5.74) is 3.39. The van der Waals surface area contributed by atoms with E-state index in [1.165, 1.54) is 5.56 Å². The Morgan fingerprint density at radius 1 is 0.640 bits per heavy atom. The maximum atomic E-state index is 6.07. The van der Waals surface area contributed by atoms with Crippen molar-refractivity contribution in [3.8, 4) is 34.1 Å². The molecule has 0 amide bonds. The predicted molar refractivity (Wildman–Crippen MR) is 101 cm³/mol. The van der Waals surface area contributed by atoms with Crippen LogP contribution in [0, 0.1) is 0 Å². The third kappa shape index (κ3) is 4.13. The summed E-state index contributed by atoms with van der Waals surface area (Å²) in [5.74, 6) is 3.23. The highest BCUT2D eigenvalue weighted by atomic mass is 16.5. The first-order chi connectivity index (χ1) is 12.2. The van der Waals surface area contributed by atoms with Crippen LogP contribution in [0.2, 0.25) is 0 Å². The Morgan fingerprint density at radius 3 is 2.04 bits per heavy atom. The molecule has 0 saturated heterocycles. The number of aryl methyl sites for hydroxylation is 1. The van der Waals surface area contributed by atoms with Gasteiger partial charge in [0.25, 0.3) is 0 Å². The van der Waals surface area contributed by atoms with Crippen LogP contribution in [0.15, 0.2) is 66.7 Å². The third-order valence-corrected chi connectivity index (χ3v) is 4.08. The second kappa shape index (κ2) is 7.75. The van der Waals surface area contributed by atoms with Gasteiger partial charge in [0.15, 0.2) is 0 Å². The number of hydrogen-bond acceptors (Lipinski definition) is 3. The van der Waals surface area contributed by atoms with Crippen LogP contribution in [-0.4, -0.2) is 14.2 Å². The van der Waals surface area contributed by atoms with Crippen molar-refractivity contribution in [3.63, 3.8) is 0 Å². The monoisotopic (exact) mass is 334 g/mol. The molecule has 3 heteroatoms. The highest BCUT2D eigenvalue weighted by molar-refractivity contribution is 5.66. The average molecular weight is 334 g/mol. The summed E-state index contributed by atoms with van der Waals surface area (Å²) in [6, 6.07) is 22.0. The van der Waals surface area contributed by atoms with Crippen molar-refractivity contribution in [1.29, 1.82) is 0 Å². The van der Waals surface area contributed by atoms with Gasteiger partial charge in [-0.2, -0.15) is 0 Å². The summed E-state index contributed by atoms with van der Waals surface area (Å²) in [7, 11) is 3.34. The van der Waals surface area contributed by atoms with Gasteiger partial charge in [-0.15, -0.1) is 0 Å². The highest BCUT2D eigenvalue weighted by Gasteiger charge is 2.05. The highest BCUT2D eigenvalue weighted by Crippen LogP contribution is 2.31. The quantitative estimate of drug-likeness (QED) is 0.576. The fourth-order valence-electron chi connectivity index (χ4n) is 2.67. The molecule has 0 aliphatic rings. The Hall–Kier alpha value is -2.94. The first-order valence-electron chi connectivity index (χ1n) is 8.32. The molecule has 0 aromatic heterocycles. The summed E-state index contributed by atoms with van der Waals surface area (Å²) < 4.78 is 16.6. The fourth-order valence-corrected chi connectivity index (χ4v) is 2.67. The van der Waals surface area contributed by atoms with E-state index in [0.29, 0.717) is 0 Å². The second-order valence-electron chi connectivity index (χ2n) is 5.73. The van der Waals surface area contributed by atoms with Crippen LogP contribution in [0.3, 0.4) is 0 Å². The van der Waals surface area contributed by atoms with E-state index in [1.807, 2.05) is 60.7 Å². The second-order valence-corrected chi connectivity index (χ2v) is 5.73. The van der Waals surface area contributed by atoms with Crippen LogP contribution in [0.5, 0.6) is 23.0 Å². The van der Waals surface area contributed by atoms with Gasteiger partial charge in [-0.25, -0.2) is 0 Å². The number of methoxy groups -OCH3 is 2. The number of benzene rings is 3. The maximum absolute atomic E-state index is 6.07. The van der Waals surface area contributed by atoms with Crippen molar-refractivity contribution < 1.29 is 14.2 Å². The molecule has 3 aromatic carbocycles. The average Bonchev–Trinajstić information content (AvgIpc) is 2.68. The van der Waals surface area contributed by atoms with Gasteiger partial charge in [-0.1, -0.05) is 31.2 Å². The molecule has 0 atom stereocenters. The van der Waals surface area contributed by atoms with E-state index in [1.54, 1.807) is 14.2 Å². The van der Waals surface area contributed by atoms with E-state index in [4.69, 9.17) is 14.2 Å². The Morgan fingerprint density at radius 2 is 1.36 bits per heavy atom. The molecule has 0 aliphatic carbocycles. The van der Waals surface area contributed by atoms with Crippen LogP contribution < -0.4 is 14.2 Å². The van der Waals surface area contributed by atoms with Gasteiger partial charge in [0, 0.05) is 6.07 Å². The fraction of sp³-hybridized carbons (Fsp3) is 0.182. The van der Waals surface area contributed by atoms with Crippen molar-refractivity contribution in [2.24, 2.45) is 0 Å². The molecule has 0 fully saturated rings. The molecule has 0 spiro atoms. The molecular weight excluding hydrogens is 312 g/mol. The molecule has 128 valence electrons. The van der Waals surface area contributed by atoms with Crippen molar-refractivity contribution in [3.05, 3.63) is 72.3 Å². The van der Waals surface area contributed by atoms with Crippen LogP contribution in [0.25, 0.3) is 11.1 Å². The van der Waals surface area contributed by atoms with E-state index in [9.17, 15) is 0 Å². The van der Waals surface area contributed by atoms with Crippen molar-refractivity contribution in [2.45, 2.75) is 13.3 Å². The molecule has 0 N–H and O–H groups in total. The predicted octanol–water partition coefficient (Wildman–Crippen LogP) is 5.73. The summed E-state index contributed by atoms with van der Waals surface area (Å²) in [5, 5.41) is 0. The minimum atomic E-state index is 0.781. The van der Waals surface area contributed by atoms with E-state index in [-0.39, 0.29) is 0 Å². The van der Waals surface area contributed by atoms with Crippen LogP contribution >= 0.6 is 0 Å². The molecular formula is C22H22O3. The number of ether oxygens (including phenoxy) is 3. The Kier molecular flexibility index (Phi) is 5.24. The first-order valence-corrected chi connectivity index (χ1v) is 8.32. The molecule has 0 heterocycles. The van der Waals surface area contributed by atoms with Gasteiger partial charge in [0.1, 0.15) is 23.0 Å². The minimum absolute atomic E-state index is 0.781. The summed E-state index contributed by atoms with van der Waals surface area (Å²) in [4.78, 5) is 0. The van der Waals surface area contributed by atoms with Gasteiger partial charge in [0.05, 0.1) is 14.2 Å². The molecule has 0 unspecified atom stereocenters. The molecule has 3 rings (SSSR count). The van der Waals surface area contributed by atoms with Gasteiger partial charge >= 0.3 is 0 Å². The van der Waals surface area contributed by atoms with Gasteiger partial charge in [0.2, 0.25) is 0 Å². The molecule has 0 bridgehead atoms. The summed E-state index contributed by atoms with van der Waals surface area (Å²) in [6.07, 6.45) is 0.930. The lowest BCUT2D eigenvalue weighted by atomic mass is 10.1. The lowest BCUT2D eigenvalue weighted by Crippen LogP contribution is -1.91. The minimum Gasteiger partial charge on any atom is -0.497 e. The topological polar surface area (TPSA) is 27.7 Å². The van der Waals surface area contributed by atoms with E-state index < -0.39 is 0 Å². The first kappa shape index (κ1) is 16.9. The van der Waals surface area contributed by atoms with Crippen LogP contribution in [-0.2, 0) is 6.42 Å². The zero-order valence-corrected chi connectivity index (χ0v) is 14.8. The zero-order valence-electron chi connectivity index (χ0n) is 14.8. The lowest BCUT2D eigenvalue weighted by Gasteiger charge is -2.11. The third-order valence-electron chi connectivity index (χ3n) is 4.08. The molecule has 3 nitrogen and oxygen atoms in total. The zero-order chi connectivity index (χ0) is 17.6. The molecule has 25 heavy (non-hydrogen) atoms. The summed E-state index contributed by atoms with van der Waals surface area (Å²) >= 11 is 0. The van der Waals surface area contributed by atoms with Crippen LogP contribution in [0.1, 0.15) is 12.5 Å². The summed E-state index contributed by atoms with van der Waals surface area (Å²) in [6.45, 7) is 2.11. The van der Waals surface area contributed by atoms with Crippen molar-refractivity contribution in [1.82, 2.24) is 0 Å². The van der Waals surface area contributed by atoms with Gasteiger partial charge in [-0.05, 0) is 59.5 Å². The van der Waals surface area contributed by atoms with Crippen molar-refractivity contribution in [2.75, 3.05) is 14.2 Å². The Balaban J connectivity index is 1.86. The Labute approximate surface area is 148 Å². The van der Waals surface area contributed by atoms with Crippen LogP contribution in [0.4, 0.5) is 0 Å². The SMILES string of the molecule is CCc1cc(OC)cc(Oc2cccc(-c3ccc(OC)cc3)c2)c1. The van der Waals surface area contributed by atoms with Gasteiger partial charge < -0.3 is 14.2 Å². The van der Waals surface area contributed by atoms with E-state index in [2.05, 4.69) is 13.0 Å². The smallest absolute Gasteiger partial charge is 0.131 e. The van der Waals surface area contributed by atoms with Crippen molar-refractivity contribution >= 4 is 0 Å². The molecule has 0 radical (unpaired) electrons. The van der Waals surface area contributed by atoms with E-state index in [0.717, 1.165) is 40.5 Å². The number of hydrogen-bond donors (Lipinski definition) is 0. The normalized spacial score (nSPS) is 10.4. The Bertz CT molecular complexity index is 816. The standard InChI is InChI=1S/C22H22O3/c1-4-16-12-21(24-3)15-22(13-16)25-20-7-5-6-18(14-20)17-8-10-19(23-2)11-9-17/h5-15H,4H2,1-3H3. The number of rotatable bonds is 6. The molecule has 0 saturated carbocycles. The lowest BCUT2D eigenvalue weighted by molar-refractivity contribution is 0.408. The largest absolute Gasteiger partial charge is 0.497 e.